The minimum atomic E-state index is 0.0103. The highest BCUT2D eigenvalue weighted by Crippen LogP contribution is 2.28. The Morgan fingerprint density at radius 3 is 2.67 bits per heavy atom. The van der Waals surface area contributed by atoms with E-state index in [1.165, 1.54) is 0 Å². The van der Waals surface area contributed by atoms with Crippen molar-refractivity contribution in [2.45, 2.75) is 19.9 Å². The van der Waals surface area contributed by atoms with Gasteiger partial charge in [-0.2, -0.15) is 4.68 Å². The Bertz CT molecular complexity index is 567. The smallest absolute Gasteiger partial charge is 0.173 e. The van der Waals surface area contributed by atoms with Gasteiger partial charge < -0.3 is 5.32 Å². The summed E-state index contributed by atoms with van der Waals surface area (Å²) in [5.74, 6) is 0.680. The highest BCUT2D eigenvalue weighted by molar-refractivity contribution is 6.35. The van der Waals surface area contributed by atoms with Crippen LogP contribution in [-0.4, -0.2) is 27.3 Å². The fourth-order valence-corrected chi connectivity index (χ4v) is 2.02. The van der Waals surface area contributed by atoms with E-state index in [0.717, 1.165) is 5.56 Å². The Morgan fingerprint density at radius 1 is 1.28 bits per heavy atom. The third-order valence-corrected chi connectivity index (χ3v) is 3.48. The second kappa shape index (κ2) is 5.22. The molecule has 1 unspecified atom stereocenters. The number of rotatable bonds is 3. The summed E-state index contributed by atoms with van der Waals surface area (Å²) in [6.45, 7) is 3.86. The van der Waals surface area contributed by atoms with E-state index in [0.29, 0.717) is 21.6 Å². The molecule has 18 heavy (non-hydrogen) atoms. The van der Waals surface area contributed by atoms with Crippen molar-refractivity contribution in [3.8, 4) is 5.69 Å². The summed E-state index contributed by atoms with van der Waals surface area (Å²) >= 11 is 12.3. The third kappa shape index (κ3) is 2.34. The number of hydrogen-bond donors (Lipinski definition) is 1. The van der Waals surface area contributed by atoms with E-state index in [4.69, 9.17) is 23.2 Å². The van der Waals surface area contributed by atoms with Gasteiger partial charge in [0.1, 0.15) is 0 Å². The molecule has 0 radical (unpaired) electrons. The van der Waals surface area contributed by atoms with E-state index in [2.05, 4.69) is 20.8 Å². The van der Waals surface area contributed by atoms with E-state index in [-0.39, 0.29) is 6.04 Å². The number of nitrogens with zero attached hydrogens (tertiary/aromatic N) is 4. The Balaban J connectivity index is 2.56. The molecule has 0 saturated carbocycles. The highest BCUT2D eigenvalue weighted by Gasteiger charge is 2.17. The summed E-state index contributed by atoms with van der Waals surface area (Å²) in [5.41, 5.74) is 1.59. The molecule has 0 aliphatic carbocycles. The molecule has 0 fully saturated rings. The molecular weight excluding hydrogens is 273 g/mol. The summed E-state index contributed by atoms with van der Waals surface area (Å²) in [6, 6.07) is 3.58. The molecule has 0 saturated heterocycles. The van der Waals surface area contributed by atoms with E-state index < -0.39 is 0 Å². The molecule has 0 amide bonds. The Morgan fingerprint density at radius 2 is 2.00 bits per heavy atom. The van der Waals surface area contributed by atoms with Gasteiger partial charge in [0.2, 0.25) is 0 Å². The maximum Gasteiger partial charge on any atom is 0.173 e. The molecule has 96 valence electrons. The number of nitrogens with one attached hydrogen (secondary N) is 1. The molecule has 5 nitrogen and oxygen atoms in total. The van der Waals surface area contributed by atoms with Crippen LogP contribution < -0.4 is 5.32 Å². The van der Waals surface area contributed by atoms with Crippen LogP contribution in [0, 0.1) is 6.92 Å². The van der Waals surface area contributed by atoms with Crippen LogP contribution in [0.3, 0.4) is 0 Å². The first-order valence-corrected chi connectivity index (χ1v) is 6.21. The second-order valence-electron chi connectivity index (χ2n) is 4.01. The minimum absolute atomic E-state index is 0.0103. The lowest BCUT2D eigenvalue weighted by molar-refractivity contribution is 0.588. The maximum absolute atomic E-state index is 6.22. The summed E-state index contributed by atoms with van der Waals surface area (Å²) < 4.78 is 1.59. The van der Waals surface area contributed by atoms with Crippen LogP contribution in [0.25, 0.3) is 5.69 Å². The quantitative estimate of drug-likeness (QED) is 0.942. The lowest BCUT2D eigenvalue weighted by Gasteiger charge is -2.12. The molecule has 1 atom stereocenters. The van der Waals surface area contributed by atoms with Crippen LogP contribution in [0.15, 0.2) is 12.1 Å². The molecule has 1 N–H and O–H groups in total. The molecule has 0 bridgehead atoms. The number of hydrogen-bond acceptors (Lipinski definition) is 4. The van der Waals surface area contributed by atoms with E-state index in [1.807, 2.05) is 20.9 Å². The van der Waals surface area contributed by atoms with E-state index in [1.54, 1.807) is 16.8 Å². The van der Waals surface area contributed by atoms with Gasteiger partial charge >= 0.3 is 0 Å². The standard InChI is InChI=1S/C11H13Cl2N5/c1-6-4-9(13)10(5-8(6)12)18-11(7(2)14-3)15-16-17-18/h4-5,7,14H,1-3H3. The number of aryl methyl sites for hydroxylation is 1. The van der Waals surface area contributed by atoms with Gasteiger partial charge in [-0.15, -0.1) is 5.10 Å². The van der Waals surface area contributed by atoms with Crippen molar-refractivity contribution in [2.75, 3.05) is 7.05 Å². The average Bonchev–Trinajstić information content (AvgIpc) is 2.81. The van der Waals surface area contributed by atoms with Gasteiger partial charge in [-0.25, -0.2) is 0 Å². The fourth-order valence-electron chi connectivity index (χ4n) is 1.56. The van der Waals surface area contributed by atoms with Crippen molar-refractivity contribution in [1.82, 2.24) is 25.5 Å². The topological polar surface area (TPSA) is 55.6 Å². The first kappa shape index (κ1) is 13.3. The van der Waals surface area contributed by atoms with Gasteiger partial charge in [0.05, 0.1) is 16.8 Å². The fraction of sp³-hybridized carbons (Fsp3) is 0.364. The number of aromatic nitrogens is 4. The predicted octanol–water partition coefficient (Wildman–Crippen LogP) is 2.56. The monoisotopic (exact) mass is 285 g/mol. The van der Waals surface area contributed by atoms with Gasteiger partial charge in [-0.05, 0) is 49.0 Å². The van der Waals surface area contributed by atoms with E-state index >= 15 is 0 Å². The lowest BCUT2D eigenvalue weighted by Crippen LogP contribution is -2.18. The minimum Gasteiger partial charge on any atom is -0.311 e. The van der Waals surface area contributed by atoms with Crippen LogP contribution in [-0.2, 0) is 0 Å². The summed E-state index contributed by atoms with van der Waals surface area (Å²) in [5, 5.41) is 15.9. The maximum atomic E-state index is 6.22. The van der Waals surface area contributed by atoms with Crippen molar-refractivity contribution >= 4 is 23.2 Å². The molecule has 1 aromatic heterocycles. The Kier molecular flexibility index (Phi) is 3.85. The normalized spacial score (nSPS) is 12.7. The van der Waals surface area contributed by atoms with Crippen LogP contribution in [0.2, 0.25) is 10.0 Å². The van der Waals surface area contributed by atoms with Crippen LogP contribution in [0.1, 0.15) is 24.4 Å². The largest absolute Gasteiger partial charge is 0.311 e. The molecular formula is C11H13Cl2N5. The van der Waals surface area contributed by atoms with Crippen molar-refractivity contribution < 1.29 is 0 Å². The first-order chi connectivity index (χ1) is 8.54. The van der Waals surface area contributed by atoms with Crippen molar-refractivity contribution in [2.24, 2.45) is 0 Å². The molecule has 2 rings (SSSR count). The molecule has 2 aromatic rings. The Hall–Kier alpha value is -1.17. The predicted molar refractivity (Wildman–Crippen MR) is 71.4 cm³/mol. The molecule has 1 heterocycles. The zero-order valence-electron chi connectivity index (χ0n) is 10.3. The van der Waals surface area contributed by atoms with Crippen LogP contribution in [0.5, 0.6) is 0 Å². The molecule has 0 spiro atoms. The Labute approximate surface area is 115 Å². The zero-order valence-corrected chi connectivity index (χ0v) is 11.8. The second-order valence-corrected chi connectivity index (χ2v) is 4.83. The van der Waals surface area contributed by atoms with Gasteiger partial charge in [0.15, 0.2) is 5.82 Å². The molecule has 0 aliphatic heterocycles. The summed E-state index contributed by atoms with van der Waals surface area (Å²) in [6.07, 6.45) is 0. The van der Waals surface area contributed by atoms with E-state index in [9.17, 15) is 0 Å². The first-order valence-electron chi connectivity index (χ1n) is 5.46. The average molecular weight is 286 g/mol. The lowest BCUT2D eigenvalue weighted by atomic mass is 10.2. The van der Waals surface area contributed by atoms with Gasteiger partial charge in [-0.3, -0.25) is 0 Å². The van der Waals surface area contributed by atoms with Gasteiger partial charge in [0.25, 0.3) is 0 Å². The SMILES string of the molecule is CNC(C)c1nnnn1-c1cc(Cl)c(C)cc1Cl. The highest BCUT2D eigenvalue weighted by atomic mass is 35.5. The third-order valence-electron chi connectivity index (χ3n) is 2.77. The van der Waals surface area contributed by atoms with Crippen LogP contribution >= 0.6 is 23.2 Å². The van der Waals surface area contributed by atoms with Gasteiger partial charge in [-0.1, -0.05) is 23.2 Å². The molecule has 0 aliphatic rings. The number of halogens is 2. The molecule has 7 heteroatoms. The summed E-state index contributed by atoms with van der Waals surface area (Å²) in [4.78, 5) is 0. The molecule has 1 aromatic carbocycles. The van der Waals surface area contributed by atoms with Gasteiger partial charge in [0, 0.05) is 5.02 Å². The van der Waals surface area contributed by atoms with Crippen LogP contribution in [0.4, 0.5) is 0 Å². The van der Waals surface area contributed by atoms with Crippen molar-refractivity contribution in [3.05, 3.63) is 33.6 Å². The number of benzene rings is 1. The number of tetrazole rings is 1. The van der Waals surface area contributed by atoms with Crippen molar-refractivity contribution in [1.29, 1.82) is 0 Å². The zero-order chi connectivity index (χ0) is 13.3. The van der Waals surface area contributed by atoms with Crippen molar-refractivity contribution in [3.63, 3.8) is 0 Å². The summed E-state index contributed by atoms with van der Waals surface area (Å²) in [7, 11) is 1.84.